The van der Waals surface area contributed by atoms with E-state index < -0.39 is 6.03 Å². The maximum absolute atomic E-state index is 12.0. The van der Waals surface area contributed by atoms with Gasteiger partial charge in [0.1, 0.15) is 23.0 Å². The molecule has 2 amide bonds. The van der Waals surface area contributed by atoms with Gasteiger partial charge < -0.3 is 30.3 Å². The Balaban J connectivity index is 2.11. The molecule has 0 fully saturated rings. The molecule has 0 unspecified atom stereocenters. The van der Waals surface area contributed by atoms with Gasteiger partial charge in [-0.1, -0.05) is 0 Å². The standard InChI is InChI=1S/C15H16N2O5/c1-21-12-3-4-13(14(8-12)22-2)17-15(20)16-9-5-10(18)7-11(19)6-9/h3-8,18-19H,1-2H3,(H2,16,17,20). The topological polar surface area (TPSA) is 100 Å². The lowest BCUT2D eigenvalue weighted by Gasteiger charge is -2.12. The molecule has 0 aliphatic carbocycles. The van der Waals surface area contributed by atoms with Crippen LogP contribution in [0.5, 0.6) is 23.0 Å². The number of carbonyl (C=O) groups excluding carboxylic acids is 1. The molecule has 0 aliphatic rings. The molecule has 2 aromatic rings. The van der Waals surface area contributed by atoms with E-state index in [2.05, 4.69) is 10.6 Å². The number of aromatic hydroxyl groups is 2. The van der Waals surface area contributed by atoms with Crippen LogP contribution in [0, 0.1) is 0 Å². The molecule has 2 rings (SSSR count). The van der Waals surface area contributed by atoms with Crippen molar-refractivity contribution in [2.75, 3.05) is 24.9 Å². The summed E-state index contributed by atoms with van der Waals surface area (Å²) in [5, 5.41) is 23.8. The van der Waals surface area contributed by atoms with Gasteiger partial charge >= 0.3 is 6.03 Å². The van der Waals surface area contributed by atoms with Gasteiger partial charge in [-0.15, -0.1) is 0 Å². The van der Waals surface area contributed by atoms with Crippen molar-refractivity contribution in [2.45, 2.75) is 0 Å². The Bertz CT molecular complexity index is 667. The van der Waals surface area contributed by atoms with Crippen molar-refractivity contribution in [2.24, 2.45) is 0 Å². The van der Waals surface area contributed by atoms with Gasteiger partial charge in [-0.3, -0.25) is 0 Å². The van der Waals surface area contributed by atoms with Gasteiger partial charge in [-0.2, -0.15) is 0 Å². The zero-order valence-electron chi connectivity index (χ0n) is 12.1. The first-order valence-electron chi connectivity index (χ1n) is 6.35. The summed E-state index contributed by atoms with van der Waals surface area (Å²) in [6, 6.07) is 8.18. The molecule has 7 heteroatoms. The smallest absolute Gasteiger partial charge is 0.323 e. The Kier molecular flexibility index (Phi) is 4.57. The molecule has 4 N–H and O–H groups in total. The van der Waals surface area contributed by atoms with E-state index in [1.165, 1.54) is 26.4 Å². The molecule has 0 saturated carbocycles. The van der Waals surface area contributed by atoms with E-state index in [-0.39, 0.29) is 17.2 Å². The molecule has 0 spiro atoms. The molecular formula is C15H16N2O5. The summed E-state index contributed by atoms with van der Waals surface area (Å²) in [6.07, 6.45) is 0. The number of amides is 2. The van der Waals surface area contributed by atoms with Crippen LogP contribution in [0.1, 0.15) is 0 Å². The van der Waals surface area contributed by atoms with Gasteiger partial charge in [0.2, 0.25) is 0 Å². The number of benzene rings is 2. The lowest BCUT2D eigenvalue weighted by Crippen LogP contribution is -2.19. The normalized spacial score (nSPS) is 9.91. The number of phenols is 2. The maximum Gasteiger partial charge on any atom is 0.323 e. The van der Waals surface area contributed by atoms with Crippen LogP contribution in [-0.2, 0) is 0 Å². The Morgan fingerprint density at radius 1 is 0.955 bits per heavy atom. The molecule has 0 saturated heterocycles. The van der Waals surface area contributed by atoms with E-state index in [0.29, 0.717) is 17.2 Å². The van der Waals surface area contributed by atoms with Crippen LogP contribution in [0.4, 0.5) is 16.2 Å². The predicted molar refractivity (Wildman–Crippen MR) is 82.0 cm³/mol. The third-order valence-corrected chi connectivity index (χ3v) is 2.82. The fraction of sp³-hybridized carbons (Fsp3) is 0.133. The van der Waals surface area contributed by atoms with E-state index in [1.54, 1.807) is 18.2 Å². The first kappa shape index (κ1) is 15.3. The van der Waals surface area contributed by atoms with Crippen LogP contribution >= 0.6 is 0 Å². The van der Waals surface area contributed by atoms with Gasteiger partial charge in [0.15, 0.2) is 0 Å². The average Bonchev–Trinajstić information content (AvgIpc) is 2.46. The van der Waals surface area contributed by atoms with Gasteiger partial charge in [0, 0.05) is 30.0 Å². The van der Waals surface area contributed by atoms with Gasteiger partial charge in [-0.05, 0) is 12.1 Å². The van der Waals surface area contributed by atoms with Crippen molar-refractivity contribution >= 4 is 17.4 Å². The maximum atomic E-state index is 12.0. The molecule has 2 aromatic carbocycles. The Labute approximate surface area is 127 Å². The molecule has 0 radical (unpaired) electrons. The van der Waals surface area contributed by atoms with Crippen molar-refractivity contribution in [3.63, 3.8) is 0 Å². The van der Waals surface area contributed by atoms with Crippen LogP contribution in [0.2, 0.25) is 0 Å². The zero-order chi connectivity index (χ0) is 16.1. The molecule has 7 nitrogen and oxygen atoms in total. The summed E-state index contributed by atoms with van der Waals surface area (Å²) in [4.78, 5) is 12.0. The highest BCUT2D eigenvalue weighted by Crippen LogP contribution is 2.29. The van der Waals surface area contributed by atoms with Crippen molar-refractivity contribution in [1.82, 2.24) is 0 Å². The van der Waals surface area contributed by atoms with Gasteiger partial charge in [-0.25, -0.2) is 4.79 Å². The lowest BCUT2D eigenvalue weighted by atomic mass is 10.2. The quantitative estimate of drug-likeness (QED) is 0.696. The molecule has 0 aliphatic heterocycles. The number of carbonyl (C=O) groups is 1. The minimum absolute atomic E-state index is 0.155. The first-order valence-corrected chi connectivity index (χ1v) is 6.35. The van der Waals surface area contributed by atoms with Crippen LogP contribution in [0.25, 0.3) is 0 Å². The molecule has 116 valence electrons. The monoisotopic (exact) mass is 304 g/mol. The highest BCUT2D eigenvalue weighted by molar-refractivity contribution is 6.01. The number of hydrogen-bond acceptors (Lipinski definition) is 5. The van der Waals surface area contributed by atoms with Crippen molar-refractivity contribution in [3.8, 4) is 23.0 Å². The number of urea groups is 1. The molecule has 0 aromatic heterocycles. The summed E-state index contributed by atoms with van der Waals surface area (Å²) < 4.78 is 10.2. The molecular weight excluding hydrogens is 288 g/mol. The third kappa shape index (κ3) is 3.72. The van der Waals surface area contributed by atoms with Crippen LogP contribution in [-0.4, -0.2) is 30.5 Å². The second kappa shape index (κ2) is 6.57. The molecule has 22 heavy (non-hydrogen) atoms. The fourth-order valence-corrected chi connectivity index (χ4v) is 1.85. The van der Waals surface area contributed by atoms with Gasteiger partial charge in [0.05, 0.1) is 19.9 Å². The van der Waals surface area contributed by atoms with Crippen LogP contribution in [0.15, 0.2) is 36.4 Å². The average molecular weight is 304 g/mol. The van der Waals surface area contributed by atoms with Crippen LogP contribution < -0.4 is 20.1 Å². The largest absolute Gasteiger partial charge is 0.508 e. The molecule has 0 atom stereocenters. The van der Waals surface area contributed by atoms with Crippen molar-refractivity contribution in [3.05, 3.63) is 36.4 Å². The second-order valence-electron chi connectivity index (χ2n) is 4.38. The third-order valence-electron chi connectivity index (χ3n) is 2.82. The number of anilines is 2. The fourth-order valence-electron chi connectivity index (χ4n) is 1.85. The first-order chi connectivity index (χ1) is 10.5. The number of methoxy groups -OCH3 is 2. The number of phenolic OH excluding ortho intramolecular Hbond substituents is 2. The highest BCUT2D eigenvalue weighted by atomic mass is 16.5. The predicted octanol–water partition coefficient (Wildman–Crippen LogP) is 2.76. The van der Waals surface area contributed by atoms with E-state index >= 15 is 0 Å². The lowest BCUT2D eigenvalue weighted by molar-refractivity contribution is 0.262. The Hall–Kier alpha value is -3.09. The summed E-state index contributed by atoms with van der Waals surface area (Å²) in [7, 11) is 3.01. The summed E-state index contributed by atoms with van der Waals surface area (Å²) in [5.41, 5.74) is 0.702. The Morgan fingerprint density at radius 2 is 1.64 bits per heavy atom. The SMILES string of the molecule is COc1ccc(NC(=O)Nc2cc(O)cc(O)c2)c(OC)c1. The number of ether oxygens (including phenoxy) is 2. The minimum atomic E-state index is -0.548. The van der Waals surface area contributed by atoms with E-state index in [1.807, 2.05) is 0 Å². The summed E-state index contributed by atoms with van der Waals surface area (Å²) >= 11 is 0. The van der Waals surface area contributed by atoms with E-state index in [4.69, 9.17) is 9.47 Å². The minimum Gasteiger partial charge on any atom is -0.508 e. The summed E-state index contributed by atoms with van der Waals surface area (Å²) in [5.74, 6) is 0.726. The zero-order valence-corrected chi connectivity index (χ0v) is 12.1. The van der Waals surface area contributed by atoms with Gasteiger partial charge in [0.25, 0.3) is 0 Å². The van der Waals surface area contributed by atoms with Crippen molar-refractivity contribution < 1.29 is 24.5 Å². The van der Waals surface area contributed by atoms with Crippen molar-refractivity contribution in [1.29, 1.82) is 0 Å². The Morgan fingerprint density at radius 3 is 2.23 bits per heavy atom. The number of nitrogens with one attached hydrogen (secondary N) is 2. The number of rotatable bonds is 4. The molecule has 0 heterocycles. The summed E-state index contributed by atoms with van der Waals surface area (Å²) in [6.45, 7) is 0. The van der Waals surface area contributed by atoms with E-state index in [0.717, 1.165) is 6.07 Å². The van der Waals surface area contributed by atoms with Crippen LogP contribution in [0.3, 0.4) is 0 Å². The number of hydrogen-bond donors (Lipinski definition) is 4. The molecule has 0 bridgehead atoms. The highest BCUT2D eigenvalue weighted by Gasteiger charge is 2.10. The van der Waals surface area contributed by atoms with E-state index in [9.17, 15) is 15.0 Å². The second-order valence-corrected chi connectivity index (χ2v) is 4.38.